The third kappa shape index (κ3) is 1.84. The highest BCUT2D eigenvalue weighted by Crippen LogP contribution is 2.19. The van der Waals surface area contributed by atoms with Crippen LogP contribution in [0.2, 0.25) is 0 Å². The molecule has 6 heteroatoms. The summed E-state index contributed by atoms with van der Waals surface area (Å²) in [7, 11) is 1.29. The number of anilines is 1. The summed E-state index contributed by atoms with van der Waals surface area (Å²) in [6.45, 7) is 1.90. The van der Waals surface area contributed by atoms with Crippen molar-refractivity contribution in [3.05, 3.63) is 36.0 Å². The Morgan fingerprint density at radius 3 is 2.94 bits per heavy atom. The standard InChI is InChI=1S/C11H12N4O2/c1-7-5-13-4-3-8(7)15-6-14-9(10(15)12)11(16)17-2/h3-6H,12H2,1-2H3. The molecule has 88 valence electrons. The number of nitrogens with zero attached hydrogens (tertiary/aromatic N) is 3. The summed E-state index contributed by atoms with van der Waals surface area (Å²) in [6.07, 6.45) is 4.86. The number of aromatic nitrogens is 3. The average molecular weight is 232 g/mol. The SMILES string of the molecule is COC(=O)c1ncn(-c2ccncc2C)c1N. The van der Waals surface area contributed by atoms with Crippen LogP contribution in [0, 0.1) is 6.92 Å². The number of aryl methyl sites for hydroxylation is 1. The second kappa shape index (κ2) is 4.25. The van der Waals surface area contributed by atoms with Crippen molar-refractivity contribution < 1.29 is 9.53 Å². The summed E-state index contributed by atoms with van der Waals surface area (Å²) in [4.78, 5) is 19.3. The lowest BCUT2D eigenvalue weighted by molar-refractivity contribution is 0.0596. The summed E-state index contributed by atoms with van der Waals surface area (Å²) >= 11 is 0. The summed E-state index contributed by atoms with van der Waals surface area (Å²) in [6, 6.07) is 1.80. The Kier molecular flexibility index (Phi) is 2.78. The summed E-state index contributed by atoms with van der Waals surface area (Å²) in [5.74, 6) is -0.292. The minimum absolute atomic E-state index is 0.115. The van der Waals surface area contributed by atoms with E-state index in [0.29, 0.717) is 0 Å². The van der Waals surface area contributed by atoms with Gasteiger partial charge in [0.1, 0.15) is 12.1 Å². The molecule has 2 heterocycles. The zero-order chi connectivity index (χ0) is 12.4. The highest BCUT2D eigenvalue weighted by atomic mass is 16.5. The molecule has 0 aliphatic rings. The number of hydrogen-bond acceptors (Lipinski definition) is 5. The van der Waals surface area contributed by atoms with Gasteiger partial charge in [0.05, 0.1) is 12.8 Å². The van der Waals surface area contributed by atoms with Gasteiger partial charge in [0.2, 0.25) is 0 Å². The fourth-order valence-corrected chi connectivity index (χ4v) is 1.54. The van der Waals surface area contributed by atoms with Crippen LogP contribution < -0.4 is 5.73 Å². The van der Waals surface area contributed by atoms with Crippen LogP contribution in [0.4, 0.5) is 5.82 Å². The molecule has 0 saturated heterocycles. The third-order valence-electron chi connectivity index (χ3n) is 2.43. The minimum Gasteiger partial charge on any atom is -0.464 e. The molecule has 0 radical (unpaired) electrons. The summed E-state index contributed by atoms with van der Waals surface area (Å²) < 4.78 is 6.22. The van der Waals surface area contributed by atoms with Gasteiger partial charge in [-0.15, -0.1) is 0 Å². The van der Waals surface area contributed by atoms with Crippen molar-refractivity contribution in [3.63, 3.8) is 0 Å². The number of rotatable bonds is 2. The first-order valence-electron chi connectivity index (χ1n) is 4.97. The molecule has 0 aromatic carbocycles. The van der Waals surface area contributed by atoms with E-state index < -0.39 is 5.97 Å². The number of pyridine rings is 1. The van der Waals surface area contributed by atoms with E-state index in [2.05, 4.69) is 14.7 Å². The van der Waals surface area contributed by atoms with Crippen LogP contribution in [0.3, 0.4) is 0 Å². The Balaban J connectivity index is 2.52. The largest absolute Gasteiger partial charge is 0.464 e. The molecular weight excluding hydrogens is 220 g/mol. The second-order valence-electron chi connectivity index (χ2n) is 3.50. The highest BCUT2D eigenvalue weighted by Gasteiger charge is 2.17. The molecule has 17 heavy (non-hydrogen) atoms. The lowest BCUT2D eigenvalue weighted by atomic mass is 10.2. The maximum atomic E-state index is 11.4. The first kappa shape index (κ1) is 11.1. The number of imidazole rings is 1. The Morgan fingerprint density at radius 2 is 2.29 bits per heavy atom. The topological polar surface area (TPSA) is 83.0 Å². The zero-order valence-electron chi connectivity index (χ0n) is 9.54. The van der Waals surface area contributed by atoms with Crippen molar-refractivity contribution in [2.45, 2.75) is 6.92 Å². The van der Waals surface area contributed by atoms with Crippen LogP contribution in [0.15, 0.2) is 24.8 Å². The second-order valence-corrected chi connectivity index (χ2v) is 3.50. The van der Waals surface area contributed by atoms with Gasteiger partial charge in [0, 0.05) is 12.4 Å². The minimum atomic E-state index is -0.548. The number of carbonyl (C=O) groups excluding carboxylic acids is 1. The smallest absolute Gasteiger partial charge is 0.360 e. The lowest BCUT2D eigenvalue weighted by Gasteiger charge is -2.07. The first-order chi connectivity index (χ1) is 8.15. The number of esters is 1. The summed E-state index contributed by atoms with van der Waals surface area (Å²) in [5.41, 5.74) is 7.75. The van der Waals surface area contributed by atoms with Crippen LogP contribution >= 0.6 is 0 Å². The van der Waals surface area contributed by atoms with Gasteiger partial charge in [0.25, 0.3) is 0 Å². The van der Waals surface area contributed by atoms with Gasteiger partial charge in [-0.1, -0.05) is 0 Å². The van der Waals surface area contributed by atoms with E-state index in [-0.39, 0.29) is 11.5 Å². The van der Waals surface area contributed by atoms with Gasteiger partial charge in [-0.25, -0.2) is 9.78 Å². The number of carbonyl (C=O) groups is 1. The number of nitrogen functional groups attached to an aromatic ring is 1. The Hall–Kier alpha value is -2.37. The Labute approximate surface area is 98.1 Å². The van der Waals surface area contributed by atoms with Crippen molar-refractivity contribution >= 4 is 11.8 Å². The predicted molar refractivity (Wildman–Crippen MR) is 61.8 cm³/mol. The fourth-order valence-electron chi connectivity index (χ4n) is 1.54. The molecule has 2 aromatic heterocycles. The van der Waals surface area contributed by atoms with Gasteiger partial charge < -0.3 is 10.5 Å². The molecule has 2 aromatic rings. The molecule has 0 unspecified atom stereocenters. The van der Waals surface area contributed by atoms with Crippen molar-refractivity contribution in [2.24, 2.45) is 0 Å². The maximum Gasteiger partial charge on any atom is 0.360 e. The monoisotopic (exact) mass is 232 g/mol. The third-order valence-corrected chi connectivity index (χ3v) is 2.43. The van der Waals surface area contributed by atoms with E-state index in [4.69, 9.17) is 5.73 Å². The van der Waals surface area contributed by atoms with E-state index in [1.54, 1.807) is 23.0 Å². The predicted octanol–water partition coefficient (Wildman–Crippen LogP) is 0.945. The van der Waals surface area contributed by atoms with Gasteiger partial charge in [0.15, 0.2) is 5.69 Å². The number of methoxy groups -OCH3 is 1. The zero-order valence-corrected chi connectivity index (χ0v) is 9.54. The van der Waals surface area contributed by atoms with Crippen molar-refractivity contribution in [1.29, 1.82) is 0 Å². The Morgan fingerprint density at radius 1 is 1.53 bits per heavy atom. The molecule has 0 fully saturated rings. The van der Waals surface area contributed by atoms with E-state index in [9.17, 15) is 4.79 Å². The number of hydrogen-bond donors (Lipinski definition) is 1. The highest BCUT2D eigenvalue weighted by molar-refractivity contribution is 5.92. The average Bonchev–Trinajstić information content (AvgIpc) is 2.71. The van der Waals surface area contributed by atoms with Crippen LogP contribution in [-0.4, -0.2) is 27.6 Å². The fraction of sp³-hybridized carbons (Fsp3) is 0.182. The molecule has 6 nitrogen and oxygen atoms in total. The van der Waals surface area contributed by atoms with Crippen LogP contribution in [0.1, 0.15) is 16.1 Å². The van der Waals surface area contributed by atoms with E-state index in [0.717, 1.165) is 11.3 Å². The van der Waals surface area contributed by atoms with Crippen LogP contribution in [0.5, 0.6) is 0 Å². The molecule has 0 aliphatic heterocycles. The van der Waals surface area contributed by atoms with E-state index >= 15 is 0 Å². The summed E-state index contributed by atoms with van der Waals surface area (Å²) in [5, 5.41) is 0. The molecule has 0 atom stereocenters. The van der Waals surface area contributed by atoms with Gasteiger partial charge in [-0.2, -0.15) is 0 Å². The normalized spacial score (nSPS) is 10.2. The molecule has 0 saturated carbocycles. The molecule has 2 N–H and O–H groups in total. The Bertz CT molecular complexity index is 562. The molecule has 0 bridgehead atoms. The molecule has 0 aliphatic carbocycles. The van der Waals surface area contributed by atoms with Crippen molar-refractivity contribution in [1.82, 2.24) is 14.5 Å². The number of ether oxygens (including phenoxy) is 1. The number of nitrogens with two attached hydrogens (primary N) is 1. The molecule has 0 amide bonds. The van der Waals surface area contributed by atoms with Crippen LogP contribution in [-0.2, 0) is 4.74 Å². The first-order valence-corrected chi connectivity index (χ1v) is 4.97. The van der Waals surface area contributed by atoms with Crippen molar-refractivity contribution in [2.75, 3.05) is 12.8 Å². The lowest BCUT2D eigenvalue weighted by Crippen LogP contribution is -2.08. The molecule has 2 rings (SSSR count). The van der Waals surface area contributed by atoms with Gasteiger partial charge in [-0.05, 0) is 18.6 Å². The van der Waals surface area contributed by atoms with E-state index in [1.807, 2.05) is 6.92 Å². The quantitative estimate of drug-likeness (QED) is 0.779. The molecule has 0 spiro atoms. The maximum absolute atomic E-state index is 11.4. The van der Waals surface area contributed by atoms with Gasteiger partial charge >= 0.3 is 5.97 Å². The van der Waals surface area contributed by atoms with Gasteiger partial charge in [-0.3, -0.25) is 9.55 Å². The molecular formula is C11H12N4O2. The van der Waals surface area contributed by atoms with E-state index in [1.165, 1.54) is 13.4 Å². The van der Waals surface area contributed by atoms with Crippen LogP contribution in [0.25, 0.3) is 5.69 Å². The van der Waals surface area contributed by atoms with Crippen molar-refractivity contribution in [3.8, 4) is 5.69 Å².